The molecule has 0 aliphatic heterocycles. The number of hydrogen-bond donors (Lipinski definition) is 2. The number of aryl methyl sites for hydroxylation is 2. The van der Waals surface area contributed by atoms with E-state index in [0.29, 0.717) is 35.3 Å². The zero-order valence-electron chi connectivity index (χ0n) is 29.5. The second-order valence-corrected chi connectivity index (χ2v) is 14.1. The number of hydrogen-bond acceptors (Lipinski definition) is 10. The van der Waals surface area contributed by atoms with Crippen LogP contribution in [0.4, 0.5) is 60.7 Å². The number of benzene rings is 2. The highest BCUT2D eigenvalue weighted by Crippen LogP contribution is 2.46. The van der Waals surface area contributed by atoms with Crippen molar-refractivity contribution in [2.45, 2.75) is 78.6 Å². The van der Waals surface area contributed by atoms with Gasteiger partial charge in [-0.2, -0.15) is 45.9 Å². The average Bonchev–Trinajstić information content (AvgIpc) is 3.55. The molecular weight excluding hydrogens is 690 g/mol. The molecule has 3 heterocycles. The summed E-state index contributed by atoms with van der Waals surface area (Å²) < 4.78 is 85.4. The van der Waals surface area contributed by atoms with Crippen LogP contribution in [0.3, 0.4) is 0 Å². The molecule has 0 amide bonds. The fourth-order valence-electron chi connectivity index (χ4n) is 5.24. The molecule has 5 rings (SSSR count). The first-order chi connectivity index (χ1) is 24.0. The summed E-state index contributed by atoms with van der Waals surface area (Å²) >= 11 is 0. The van der Waals surface area contributed by atoms with E-state index in [1.54, 1.807) is 20.8 Å². The third kappa shape index (κ3) is 7.36. The summed E-state index contributed by atoms with van der Waals surface area (Å²) in [5.74, 6) is 0.0906. The van der Waals surface area contributed by atoms with E-state index < -0.39 is 40.0 Å². The monoisotopic (exact) mass is 726 g/mol. The topological polar surface area (TPSA) is 163 Å². The predicted molar refractivity (Wildman–Crippen MR) is 183 cm³/mol. The van der Waals surface area contributed by atoms with Crippen LogP contribution >= 0.6 is 0 Å². The van der Waals surface area contributed by atoms with Crippen LogP contribution < -0.4 is 11.5 Å². The predicted octanol–water partition coefficient (Wildman–Crippen LogP) is 10.1. The van der Waals surface area contributed by atoms with E-state index in [-0.39, 0.29) is 34.7 Å². The van der Waals surface area contributed by atoms with Gasteiger partial charge in [0.05, 0.1) is 28.2 Å². The third-order valence-corrected chi connectivity index (χ3v) is 7.87. The maximum absolute atomic E-state index is 13.8. The van der Waals surface area contributed by atoms with Gasteiger partial charge in [-0.05, 0) is 37.1 Å². The highest BCUT2D eigenvalue weighted by atomic mass is 19.4. The van der Waals surface area contributed by atoms with Crippen molar-refractivity contribution < 1.29 is 26.3 Å². The Morgan fingerprint density at radius 3 is 1.31 bits per heavy atom. The van der Waals surface area contributed by atoms with Gasteiger partial charge >= 0.3 is 12.4 Å². The molecule has 0 fully saturated rings. The molecule has 4 N–H and O–H groups in total. The molecule has 0 aliphatic rings. The van der Waals surface area contributed by atoms with Crippen molar-refractivity contribution in [1.82, 2.24) is 29.5 Å². The van der Waals surface area contributed by atoms with Crippen molar-refractivity contribution in [3.05, 3.63) is 82.4 Å². The maximum Gasteiger partial charge on any atom is 0.418 e. The second-order valence-electron chi connectivity index (χ2n) is 14.1. The first-order valence-corrected chi connectivity index (χ1v) is 15.8. The lowest BCUT2D eigenvalue weighted by Crippen LogP contribution is -2.14. The van der Waals surface area contributed by atoms with Gasteiger partial charge in [0.25, 0.3) is 0 Å². The lowest BCUT2D eigenvalue weighted by Gasteiger charge is -2.16. The van der Waals surface area contributed by atoms with Crippen molar-refractivity contribution in [2.24, 2.45) is 20.5 Å². The van der Waals surface area contributed by atoms with E-state index in [1.807, 2.05) is 52.8 Å². The first kappa shape index (κ1) is 37.6. The van der Waals surface area contributed by atoms with E-state index in [2.05, 4.69) is 35.5 Å². The normalized spacial score (nSPS) is 13.2. The summed E-state index contributed by atoms with van der Waals surface area (Å²) in [4.78, 5) is 8.59. The Kier molecular flexibility index (Phi) is 9.49. The molecule has 3 aromatic heterocycles. The number of rotatable bonds is 6. The Hall–Kier alpha value is -5.68. The highest BCUT2D eigenvalue weighted by molar-refractivity contribution is 5.68. The van der Waals surface area contributed by atoms with Crippen LogP contribution in [0.1, 0.15) is 75.2 Å². The van der Waals surface area contributed by atoms with Crippen LogP contribution in [-0.4, -0.2) is 29.5 Å². The molecular formula is C34H36F6N12. The molecule has 0 atom stereocenters. The molecule has 0 bridgehead atoms. The lowest BCUT2D eigenvalue weighted by atomic mass is 9.91. The summed E-state index contributed by atoms with van der Waals surface area (Å²) in [5, 5.41) is 25.6. The maximum atomic E-state index is 13.8. The third-order valence-electron chi connectivity index (χ3n) is 7.87. The fourth-order valence-corrected chi connectivity index (χ4v) is 5.24. The SMILES string of the molecule is Cc1cccc(C)c1N=Nc1c(C(C)(C)C)nn(-c2cc(-n3nc(C(C)(C)C)c(N=Nc4c(C(F)(F)F)cccc4C(F)(F)F)c3N)ncn2)c1N. The van der Waals surface area contributed by atoms with Crippen molar-refractivity contribution in [1.29, 1.82) is 0 Å². The van der Waals surface area contributed by atoms with Gasteiger partial charge in [-0.25, -0.2) is 9.97 Å². The van der Waals surface area contributed by atoms with Gasteiger partial charge in [0.15, 0.2) is 34.6 Å². The van der Waals surface area contributed by atoms with Crippen molar-refractivity contribution >= 4 is 34.4 Å². The van der Waals surface area contributed by atoms with Crippen molar-refractivity contribution in [2.75, 3.05) is 11.5 Å². The van der Waals surface area contributed by atoms with Crippen LogP contribution in [0.2, 0.25) is 0 Å². The minimum atomic E-state index is -5.16. The summed E-state index contributed by atoms with van der Waals surface area (Å²) in [5.41, 5.74) is 10.3. The minimum Gasteiger partial charge on any atom is -0.382 e. The molecule has 0 spiro atoms. The molecule has 18 heteroatoms. The number of azo groups is 2. The minimum absolute atomic E-state index is 0.0621. The largest absolute Gasteiger partial charge is 0.418 e. The fraction of sp³-hybridized carbons (Fsp3) is 0.353. The van der Waals surface area contributed by atoms with Gasteiger partial charge in [-0.1, -0.05) is 65.8 Å². The Bertz CT molecular complexity index is 2140. The second kappa shape index (κ2) is 13.1. The number of anilines is 2. The summed E-state index contributed by atoms with van der Waals surface area (Å²) in [6.07, 6.45) is -9.12. The van der Waals surface area contributed by atoms with Crippen LogP contribution in [-0.2, 0) is 23.2 Å². The number of nitrogen functional groups attached to an aromatic ring is 2. The molecule has 0 saturated heterocycles. The quantitative estimate of drug-likeness (QED) is 0.131. The standard InChI is InChI=1S/C34H36F6N12/c1-17-11-9-12-18(2)23(17)45-47-25-27(31(3,4)5)49-51(29(25)41)21-15-22(44-16-43-21)52-30(42)26(28(50-52)32(6,7)8)48-46-24-19(33(35,36)37)13-10-14-20(24)34(38,39)40/h9-16H,41-42H2,1-8H3. The van der Waals surface area contributed by atoms with E-state index in [4.69, 9.17) is 16.6 Å². The molecule has 5 aromatic rings. The van der Waals surface area contributed by atoms with E-state index in [0.717, 1.165) is 15.8 Å². The molecule has 0 aliphatic carbocycles. The lowest BCUT2D eigenvalue weighted by molar-refractivity contribution is -0.142. The number of nitrogens with two attached hydrogens (primary N) is 2. The van der Waals surface area contributed by atoms with Gasteiger partial charge in [0, 0.05) is 16.9 Å². The van der Waals surface area contributed by atoms with Crippen LogP contribution in [0.5, 0.6) is 0 Å². The summed E-state index contributed by atoms with van der Waals surface area (Å²) in [7, 11) is 0. The Labute approximate surface area is 294 Å². The Morgan fingerprint density at radius 1 is 0.558 bits per heavy atom. The first-order valence-electron chi connectivity index (χ1n) is 15.8. The number of nitrogens with zero attached hydrogens (tertiary/aromatic N) is 10. The van der Waals surface area contributed by atoms with Gasteiger partial charge in [-0.15, -0.1) is 20.5 Å². The number of aromatic nitrogens is 6. The van der Waals surface area contributed by atoms with E-state index in [1.165, 1.54) is 17.1 Å². The van der Waals surface area contributed by atoms with Crippen LogP contribution in [0.15, 0.2) is 69.2 Å². The molecule has 12 nitrogen and oxygen atoms in total. The van der Waals surface area contributed by atoms with Crippen molar-refractivity contribution in [3.8, 4) is 11.6 Å². The van der Waals surface area contributed by atoms with Gasteiger partial charge in [0.1, 0.15) is 12.0 Å². The molecule has 2 aromatic carbocycles. The van der Waals surface area contributed by atoms with Crippen LogP contribution in [0, 0.1) is 13.8 Å². The molecule has 0 saturated carbocycles. The zero-order valence-corrected chi connectivity index (χ0v) is 29.5. The van der Waals surface area contributed by atoms with Gasteiger partial charge in [-0.3, -0.25) is 0 Å². The highest BCUT2D eigenvalue weighted by Gasteiger charge is 2.41. The van der Waals surface area contributed by atoms with E-state index in [9.17, 15) is 26.3 Å². The molecule has 52 heavy (non-hydrogen) atoms. The summed E-state index contributed by atoms with van der Waals surface area (Å²) in [6, 6.07) is 8.83. The van der Waals surface area contributed by atoms with Crippen LogP contribution in [0.25, 0.3) is 11.6 Å². The smallest absolute Gasteiger partial charge is 0.382 e. The number of alkyl halides is 6. The summed E-state index contributed by atoms with van der Waals surface area (Å²) in [6.45, 7) is 14.8. The molecule has 274 valence electrons. The molecule has 0 unspecified atom stereocenters. The van der Waals surface area contributed by atoms with E-state index >= 15 is 0 Å². The average molecular weight is 727 g/mol. The zero-order chi connectivity index (χ0) is 38.6. The van der Waals surface area contributed by atoms with Gasteiger partial charge in [0.2, 0.25) is 0 Å². The Balaban J connectivity index is 1.64. The van der Waals surface area contributed by atoms with Gasteiger partial charge < -0.3 is 11.5 Å². The molecule has 0 radical (unpaired) electrons. The number of halogens is 6. The Morgan fingerprint density at radius 2 is 0.923 bits per heavy atom. The van der Waals surface area contributed by atoms with Crippen molar-refractivity contribution in [3.63, 3.8) is 0 Å².